The number of carbonyl (C=O) groups is 1. The van der Waals surface area contributed by atoms with Crippen molar-refractivity contribution >= 4 is 55.1 Å². The number of rotatable bonds is 4. The zero-order valence-electron chi connectivity index (χ0n) is 10.9. The fourth-order valence-corrected chi connectivity index (χ4v) is 5.53. The van der Waals surface area contributed by atoms with Crippen molar-refractivity contribution in [2.24, 2.45) is 11.8 Å². The van der Waals surface area contributed by atoms with Crippen LogP contribution in [0.5, 0.6) is 0 Å². The Labute approximate surface area is 141 Å². The lowest BCUT2D eigenvalue weighted by atomic mass is 9.89. The van der Waals surface area contributed by atoms with Crippen LogP contribution in [0.3, 0.4) is 0 Å². The molecule has 1 N–H and O–H groups in total. The van der Waals surface area contributed by atoms with Gasteiger partial charge in [0.25, 0.3) is 0 Å². The Balaban J connectivity index is 2.24. The highest BCUT2D eigenvalue weighted by Gasteiger charge is 2.42. The third-order valence-corrected chi connectivity index (χ3v) is 6.75. The Morgan fingerprint density at radius 3 is 2.29 bits per heavy atom. The van der Waals surface area contributed by atoms with E-state index in [1.54, 1.807) is 6.92 Å². The zero-order valence-corrected chi connectivity index (χ0v) is 14.8. The van der Waals surface area contributed by atoms with Gasteiger partial charge in [-0.15, -0.1) is 0 Å². The van der Waals surface area contributed by atoms with E-state index >= 15 is 0 Å². The Morgan fingerprint density at radius 1 is 1.38 bits per heavy atom. The van der Waals surface area contributed by atoms with Gasteiger partial charge >= 0.3 is 5.97 Å². The summed E-state index contributed by atoms with van der Waals surface area (Å²) in [4.78, 5) is 10.7. The van der Waals surface area contributed by atoms with E-state index in [0.29, 0.717) is 4.47 Å². The van der Waals surface area contributed by atoms with E-state index in [2.05, 4.69) is 15.9 Å². The van der Waals surface area contributed by atoms with E-state index in [1.165, 1.54) is 16.4 Å². The lowest BCUT2D eigenvalue weighted by Crippen LogP contribution is -2.53. The predicted molar refractivity (Wildman–Crippen MR) is 83.2 cm³/mol. The molecule has 1 aromatic rings. The molecule has 21 heavy (non-hydrogen) atoms. The maximum atomic E-state index is 12.5. The Bertz CT molecular complexity index is 665. The van der Waals surface area contributed by atoms with Crippen LogP contribution in [0.25, 0.3) is 0 Å². The van der Waals surface area contributed by atoms with Crippen molar-refractivity contribution in [3.05, 3.63) is 26.7 Å². The van der Waals surface area contributed by atoms with Crippen LogP contribution in [0.1, 0.15) is 6.92 Å². The number of hydrogen-bond donors (Lipinski definition) is 1. The molecule has 5 nitrogen and oxygen atoms in total. The number of carboxylic acid groups (broad SMARTS) is 1. The summed E-state index contributed by atoms with van der Waals surface area (Å²) in [5.74, 6) is -1.73. The summed E-state index contributed by atoms with van der Waals surface area (Å²) in [5, 5.41) is 8.99. The molecule has 0 radical (unpaired) electrons. The van der Waals surface area contributed by atoms with Gasteiger partial charge in [-0.1, -0.05) is 46.1 Å². The summed E-state index contributed by atoms with van der Waals surface area (Å²) in [6.07, 6.45) is 0. The summed E-state index contributed by atoms with van der Waals surface area (Å²) < 4.78 is 26.8. The summed E-state index contributed by atoms with van der Waals surface area (Å²) in [6, 6.07) is 2.91. The van der Waals surface area contributed by atoms with Crippen LogP contribution in [0, 0.1) is 11.8 Å². The average Bonchev–Trinajstić information content (AvgIpc) is 2.23. The summed E-state index contributed by atoms with van der Waals surface area (Å²) >= 11 is 15.1. The second kappa shape index (κ2) is 6.04. The molecular weight excluding hydrogens is 405 g/mol. The largest absolute Gasteiger partial charge is 0.481 e. The Kier molecular flexibility index (Phi) is 4.90. The first-order valence-corrected chi connectivity index (χ1v) is 9.01. The minimum absolute atomic E-state index is 0.0316. The number of carboxylic acids is 1. The smallest absolute Gasteiger partial charge is 0.306 e. The first-order chi connectivity index (χ1) is 9.64. The summed E-state index contributed by atoms with van der Waals surface area (Å²) in [7, 11) is -3.82. The molecule has 1 atom stereocenters. The number of sulfonamides is 1. The van der Waals surface area contributed by atoms with Crippen LogP contribution in [0.4, 0.5) is 0 Å². The van der Waals surface area contributed by atoms with E-state index in [0.717, 1.165) is 0 Å². The molecule has 0 aliphatic carbocycles. The minimum atomic E-state index is -3.82. The van der Waals surface area contributed by atoms with Crippen LogP contribution in [-0.4, -0.2) is 36.9 Å². The van der Waals surface area contributed by atoms with Crippen LogP contribution >= 0.6 is 39.1 Å². The second-order valence-corrected chi connectivity index (χ2v) is 8.51. The van der Waals surface area contributed by atoms with Gasteiger partial charge < -0.3 is 5.11 Å². The highest BCUT2D eigenvalue weighted by Crippen LogP contribution is 2.38. The number of nitrogens with zero attached hydrogens (tertiary/aromatic N) is 1. The molecule has 0 spiro atoms. The average molecular weight is 417 g/mol. The van der Waals surface area contributed by atoms with Crippen molar-refractivity contribution < 1.29 is 18.3 Å². The second-order valence-electron chi connectivity index (χ2n) is 4.91. The van der Waals surface area contributed by atoms with Gasteiger partial charge in [-0.3, -0.25) is 4.79 Å². The number of benzene rings is 1. The molecule has 1 aliphatic rings. The molecule has 1 saturated heterocycles. The van der Waals surface area contributed by atoms with E-state index in [1.807, 2.05) is 0 Å². The molecule has 0 bridgehead atoms. The highest BCUT2D eigenvalue weighted by molar-refractivity contribution is 9.10. The number of hydrogen-bond acceptors (Lipinski definition) is 3. The van der Waals surface area contributed by atoms with Crippen molar-refractivity contribution in [2.45, 2.75) is 11.8 Å². The molecule has 1 aromatic carbocycles. The molecule has 116 valence electrons. The fourth-order valence-electron chi connectivity index (χ4n) is 2.09. The first-order valence-electron chi connectivity index (χ1n) is 6.02. The monoisotopic (exact) mass is 415 g/mol. The van der Waals surface area contributed by atoms with Crippen molar-refractivity contribution in [3.63, 3.8) is 0 Å². The number of halogens is 3. The molecule has 0 saturated carbocycles. The van der Waals surface area contributed by atoms with Gasteiger partial charge in [-0.2, -0.15) is 4.31 Å². The molecule has 1 unspecified atom stereocenters. The Morgan fingerprint density at radius 2 is 1.86 bits per heavy atom. The van der Waals surface area contributed by atoms with Crippen molar-refractivity contribution in [1.29, 1.82) is 0 Å². The molecule has 1 heterocycles. The van der Waals surface area contributed by atoms with Crippen molar-refractivity contribution in [1.82, 2.24) is 4.31 Å². The van der Waals surface area contributed by atoms with Crippen LogP contribution < -0.4 is 0 Å². The fraction of sp³-hybridized carbons (Fsp3) is 0.417. The van der Waals surface area contributed by atoms with E-state index < -0.39 is 21.9 Å². The molecule has 1 fully saturated rings. The van der Waals surface area contributed by atoms with Gasteiger partial charge in [0.05, 0.1) is 16.0 Å². The van der Waals surface area contributed by atoms with Gasteiger partial charge in [-0.25, -0.2) is 8.42 Å². The predicted octanol–water partition coefficient (Wildman–Crippen LogP) is 3.10. The van der Waals surface area contributed by atoms with Crippen molar-refractivity contribution in [2.75, 3.05) is 13.1 Å². The lowest BCUT2D eigenvalue weighted by molar-refractivity contribution is -0.144. The normalized spacial score (nSPS) is 18.3. The molecule has 2 rings (SSSR count). The van der Waals surface area contributed by atoms with Crippen LogP contribution in [0.15, 0.2) is 21.5 Å². The van der Waals surface area contributed by atoms with Crippen molar-refractivity contribution in [3.8, 4) is 0 Å². The van der Waals surface area contributed by atoms with E-state index in [9.17, 15) is 13.2 Å². The van der Waals surface area contributed by atoms with Crippen LogP contribution in [-0.2, 0) is 14.8 Å². The molecule has 9 heteroatoms. The third kappa shape index (κ3) is 3.22. The molecular formula is C12H12BrCl2NO4S. The standard InChI is InChI=1S/C12H12BrCl2NO4S/c1-6(12(17)18)7-4-16(5-7)21(19,20)11-9(14)2-8(13)3-10(11)15/h2-3,6-7H,4-5H2,1H3,(H,17,18). The van der Waals surface area contributed by atoms with Gasteiger partial charge in [0.2, 0.25) is 10.0 Å². The molecule has 0 aromatic heterocycles. The maximum absolute atomic E-state index is 12.5. The summed E-state index contributed by atoms with van der Waals surface area (Å²) in [6.45, 7) is 1.87. The lowest BCUT2D eigenvalue weighted by Gasteiger charge is -2.40. The van der Waals surface area contributed by atoms with E-state index in [-0.39, 0.29) is 33.9 Å². The quantitative estimate of drug-likeness (QED) is 0.818. The topological polar surface area (TPSA) is 74.7 Å². The van der Waals surface area contributed by atoms with Crippen LogP contribution in [0.2, 0.25) is 10.0 Å². The zero-order chi connectivity index (χ0) is 15.9. The molecule has 1 aliphatic heterocycles. The minimum Gasteiger partial charge on any atom is -0.481 e. The van der Waals surface area contributed by atoms with Gasteiger partial charge in [0, 0.05) is 17.6 Å². The SMILES string of the molecule is CC(C(=O)O)C1CN(S(=O)(=O)c2c(Cl)cc(Br)cc2Cl)C1. The highest BCUT2D eigenvalue weighted by atomic mass is 79.9. The third-order valence-electron chi connectivity index (χ3n) is 3.53. The summed E-state index contributed by atoms with van der Waals surface area (Å²) in [5.41, 5.74) is 0. The van der Waals surface area contributed by atoms with Gasteiger partial charge in [-0.05, 0) is 18.1 Å². The van der Waals surface area contributed by atoms with Gasteiger partial charge in [0.15, 0.2) is 0 Å². The van der Waals surface area contributed by atoms with E-state index in [4.69, 9.17) is 28.3 Å². The number of aliphatic carboxylic acids is 1. The Hall–Kier alpha value is -0.340. The first kappa shape index (κ1) is 17.0. The maximum Gasteiger partial charge on any atom is 0.306 e. The van der Waals surface area contributed by atoms with Gasteiger partial charge in [0.1, 0.15) is 4.90 Å². The molecule has 0 amide bonds.